The van der Waals surface area contributed by atoms with Crippen molar-refractivity contribution < 1.29 is 32.5 Å². The van der Waals surface area contributed by atoms with Crippen LogP contribution in [0.5, 0.6) is 0 Å². The standard InChI is InChI=1S/C14H9ClF3NO2.C10H13N5O4/c15-9-3-4-11-10(7-9)13(14(16,17)18,21-12(20)19-11)6-5-8-1-2-8;1-5-3-15(10(18)12-9(5)17)8-2-6(13-14-11)7(4-16)19-8/h3-4,7-8H,1-2H2,(H,19,20);3,6-8,16H,2,4H2,1H3,(H,12,17,18)/t13-;6-,7+,8+/m00/s1. The minimum atomic E-state index is -4.87. The summed E-state index contributed by atoms with van der Waals surface area (Å²) in [4.78, 5) is 39.3. The summed E-state index contributed by atoms with van der Waals surface area (Å²) in [5.41, 5.74) is 4.48. The van der Waals surface area contributed by atoms with Gasteiger partial charge in [-0.2, -0.15) is 13.2 Å². The van der Waals surface area contributed by atoms with E-state index in [-0.39, 0.29) is 35.2 Å². The number of hydrogen-bond acceptors (Lipinski definition) is 7. The number of amides is 1. The second-order valence-electron chi connectivity index (χ2n) is 9.23. The molecular formula is C24H22ClF3N6O6. The number of aliphatic hydroxyl groups is 1. The molecule has 40 heavy (non-hydrogen) atoms. The Morgan fingerprint density at radius 2 is 2.05 bits per heavy atom. The van der Waals surface area contributed by atoms with Crippen LogP contribution in [0.2, 0.25) is 5.02 Å². The molecule has 1 aromatic heterocycles. The van der Waals surface area contributed by atoms with E-state index in [0.717, 1.165) is 18.9 Å². The van der Waals surface area contributed by atoms with E-state index >= 15 is 0 Å². The Kier molecular flexibility index (Phi) is 8.18. The molecule has 3 heterocycles. The second-order valence-corrected chi connectivity index (χ2v) is 9.66. The summed E-state index contributed by atoms with van der Waals surface area (Å²) < 4.78 is 52.1. The van der Waals surface area contributed by atoms with Gasteiger partial charge in [0.2, 0.25) is 0 Å². The first-order valence-electron chi connectivity index (χ1n) is 11.9. The summed E-state index contributed by atoms with van der Waals surface area (Å²) in [5, 5.41) is 15.0. The lowest BCUT2D eigenvalue weighted by molar-refractivity contribution is -0.239. The smallest absolute Gasteiger partial charge is 0.415 e. The summed E-state index contributed by atoms with van der Waals surface area (Å²) in [6.07, 6.45) is -4.21. The number of cyclic esters (lactones) is 1. The number of nitrogens with zero attached hydrogens (tertiary/aromatic N) is 4. The van der Waals surface area contributed by atoms with Gasteiger partial charge in [-0.05, 0) is 49.4 Å². The first-order valence-corrected chi connectivity index (χ1v) is 12.3. The maximum absolute atomic E-state index is 13.6. The Bertz CT molecular complexity index is 1540. The van der Waals surface area contributed by atoms with Gasteiger partial charge in [-0.25, -0.2) is 9.59 Å². The molecule has 12 nitrogen and oxygen atoms in total. The summed E-state index contributed by atoms with van der Waals surface area (Å²) >= 11 is 5.78. The van der Waals surface area contributed by atoms with E-state index in [1.165, 1.54) is 22.9 Å². The predicted octanol–water partition coefficient (Wildman–Crippen LogP) is 3.88. The molecule has 2 fully saturated rings. The van der Waals surface area contributed by atoms with Crippen molar-refractivity contribution in [3.8, 4) is 11.8 Å². The minimum Gasteiger partial charge on any atom is -0.415 e. The van der Waals surface area contributed by atoms with Gasteiger partial charge in [0.05, 0.1) is 24.4 Å². The van der Waals surface area contributed by atoms with Crippen molar-refractivity contribution in [3.63, 3.8) is 0 Å². The number of rotatable bonds is 3. The minimum absolute atomic E-state index is 0.00179. The van der Waals surface area contributed by atoms with Gasteiger partial charge >= 0.3 is 18.0 Å². The Balaban J connectivity index is 0.000000186. The molecule has 0 radical (unpaired) electrons. The van der Waals surface area contributed by atoms with E-state index in [1.807, 2.05) is 0 Å². The molecule has 1 aliphatic carbocycles. The molecule has 2 aliphatic heterocycles. The molecule has 1 aromatic carbocycles. The second kappa shape index (κ2) is 11.3. The van der Waals surface area contributed by atoms with Crippen LogP contribution >= 0.6 is 11.6 Å². The Morgan fingerprint density at radius 3 is 2.67 bits per heavy atom. The van der Waals surface area contributed by atoms with E-state index in [9.17, 15) is 27.6 Å². The lowest BCUT2D eigenvalue weighted by Crippen LogP contribution is -2.49. The highest BCUT2D eigenvalue weighted by Gasteiger charge is 2.62. The van der Waals surface area contributed by atoms with Crippen LogP contribution in [0.1, 0.15) is 36.6 Å². The van der Waals surface area contributed by atoms with Crippen LogP contribution in [-0.2, 0) is 15.1 Å². The lowest BCUT2D eigenvalue weighted by atomic mass is 9.90. The molecule has 0 spiro atoms. The van der Waals surface area contributed by atoms with E-state index in [1.54, 1.807) is 6.92 Å². The van der Waals surface area contributed by atoms with Crippen molar-refractivity contribution in [1.29, 1.82) is 0 Å². The number of aliphatic hydroxyl groups excluding tert-OH is 1. The molecule has 212 valence electrons. The first-order chi connectivity index (χ1) is 18.9. The van der Waals surface area contributed by atoms with Crippen LogP contribution in [0.4, 0.5) is 23.7 Å². The predicted molar refractivity (Wildman–Crippen MR) is 134 cm³/mol. The quantitative estimate of drug-likeness (QED) is 0.214. The van der Waals surface area contributed by atoms with E-state index in [2.05, 4.69) is 36.9 Å². The number of benzene rings is 1. The number of alkyl halides is 3. The van der Waals surface area contributed by atoms with Crippen LogP contribution in [0, 0.1) is 24.7 Å². The Labute approximate surface area is 228 Å². The first kappa shape index (κ1) is 29.0. The van der Waals surface area contributed by atoms with Gasteiger partial charge in [0.15, 0.2) is 0 Å². The molecule has 3 aliphatic rings. The number of anilines is 1. The van der Waals surface area contributed by atoms with Crippen molar-refractivity contribution in [3.05, 3.63) is 71.8 Å². The zero-order valence-corrected chi connectivity index (χ0v) is 21.5. The fourth-order valence-corrected chi connectivity index (χ4v) is 4.26. The van der Waals surface area contributed by atoms with Gasteiger partial charge in [0, 0.05) is 39.6 Å². The Hall–Kier alpha value is -3.96. The van der Waals surface area contributed by atoms with Crippen molar-refractivity contribution in [2.24, 2.45) is 11.0 Å². The van der Waals surface area contributed by atoms with Crippen LogP contribution in [-0.4, -0.2) is 45.7 Å². The van der Waals surface area contributed by atoms with Gasteiger partial charge in [-0.15, -0.1) is 0 Å². The largest absolute Gasteiger partial charge is 0.445 e. The topological polar surface area (TPSA) is 171 Å². The average molecular weight is 583 g/mol. The number of aromatic nitrogens is 2. The molecule has 16 heteroatoms. The number of carbonyl (C=O) groups is 1. The van der Waals surface area contributed by atoms with Crippen LogP contribution in [0.3, 0.4) is 0 Å². The monoisotopic (exact) mass is 582 g/mol. The van der Waals surface area contributed by atoms with Gasteiger partial charge in [0.1, 0.15) is 6.23 Å². The van der Waals surface area contributed by atoms with Gasteiger partial charge < -0.3 is 14.6 Å². The zero-order chi connectivity index (χ0) is 29.2. The van der Waals surface area contributed by atoms with Gasteiger partial charge in [0.25, 0.3) is 11.2 Å². The molecule has 1 amide bonds. The average Bonchev–Trinajstić information content (AvgIpc) is 3.63. The number of azide groups is 1. The normalized spacial score (nSPS) is 25.1. The molecule has 5 rings (SSSR count). The van der Waals surface area contributed by atoms with Crippen LogP contribution in [0.15, 0.2) is 39.1 Å². The number of nitrogens with one attached hydrogen (secondary N) is 2. The zero-order valence-electron chi connectivity index (χ0n) is 20.7. The van der Waals surface area contributed by atoms with Crippen molar-refractivity contribution >= 4 is 23.4 Å². The SMILES string of the molecule is Cc1cn([C@H]2C[C@H](N=[N+]=[N-])[C@@H](CO)O2)c(=O)[nH]c1=O.O=C1Nc2ccc(Cl)cc2[C@@](C#CC2CC2)(C(F)(F)F)O1. The highest BCUT2D eigenvalue weighted by atomic mass is 35.5. The number of aryl methyl sites for hydroxylation is 1. The number of H-pyrrole nitrogens is 1. The van der Waals surface area contributed by atoms with Crippen LogP contribution in [0.25, 0.3) is 10.4 Å². The third kappa shape index (κ3) is 5.95. The Morgan fingerprint density at radius 1 is 1.32 bits per heavy atom. The van der Waals surface area contributed by atoms with Gasteiger partial charge in [-0.1, -0.05) is 22.6 Å². The molecule has 2 aromatic rings. The summed E-state index contributed by atoms with van der Waals surface area (Å²) in [6.45, 7) is 1.26. The van der Waals surface area contributed by atoms with Crippen molar-refractivity contribution in [2.75, 3.05) is 11.9 Å². The van der Waals surface area contributed by atoms with Crippen LogP contribution < -0.4 is 16.6 Å². The molecule has 4 atom stereocenters. The molecule has 0 unspecified atom stereocenters. The van der Waals surface area contributed by atoms with E-state index in [4.69, 9.17) is 27.0 Å². The third-order valence-corrected chi connectivity index (χ3v) is 6.55. The lowest BCUT2D eigenvalue weighted by Gasteiger charge is -2.35. The summed E-state index contributed by atoms with van der Waals surface area (Å²) in [6, 6.07) is 3.27. The summed E-state index contributed by atoms with van der Waals surface area (Å²) in [5.74, 6) is 4.60. The summed E-state index contributed by atoms with van der Waals surface area (Å²) in [7, 11) is 0. The van der Waals surface area contributed by atoms with Crippen molar-refractivity contribution in [2.45, 2.75) is 56.3 Å². The molecule has 1 saturated carbocycles. The van der Waals surface area contributed by atoms with Gasteiger partial charge in [-0.3, -0.25) is 19.7 Å². The highest BCUT2D eigenvalue weighted by molar-refractivity contribution is 6.30. The van der Waals surface area contributed by atoms with Crippen molar-refractivity contribution in [1.82, 2.24) is 9.55 Å². The molecule has 0 bridgehead atoms. The molecule has 3 N–H and O–H groups in total. The van der Waals surface area contributed by atoms with E-state index in [0.29, 0.717) is 5.56 Å². The van der Waals surface area contributed by atoms with E-state index < -0.39 is 47.5 Å². The number of hydrogen-bond donors (Lipinski definition) is 3. The fourth-order valence-electron chi connectivity index (χ4n) is 4.09. The number of carbonyl (C=O) groups excluding carboxylic acids is 1. The number of ether oxygens (including phenoxy) is 2. The maximum Gasteiger partial charge on any atom is 0.445 e. The fraction of sp³-hybridized carbons (Fsp3) is 0.458. The third-order valence-electron chi connectivity index (χ3n) is 6.31. The maximum atomic E-state index is 13.6. The number of halogens is 4. The molecule has 1 saturated heterocycles. The molecular weight excluding hydrogens is 561 g/mol. The highest BCUT2D eigenvalue weighted by Crippen LogP contribution is 2.48. The number of fused-ring (bicyclic) bond motifs is 1. The number of aromatic amines is 1.